The largest absolute Gasteiger partial charge is 0.398 e. The lowest BCUT2D eigenvalue weighted by Gasteiger charge is -2.31. The zero-order valence-corrected chi connectivity index (χ0v) is 11.9. The van der Waals surface area contributed by atoms with Gasteiger partial charge in [-0.05, 0) is 43.4 Å². The standard InChI is InChI=1S/C13H19FN2O3S/c14-11-3-4-12(15)13(8-11)20(18,19)16-6-1-2-10(9-16)5-7-17/h3-4,8,10,17H,1-2,5-7,9,15H2. The number of aliphatic hydroxyl groups excluding tert-OH is 1. The highest BCUT2D eigenvalue weighted by Gasteiger charge is 2.31. The highest BCUT2D eigenvalue weighted by molar-refractivity contribution is 7.89. The van der Waals surface area contributed by atoms with Gasteiger partial charge in [0.05, 0.1) is 5.69 Å². The Morgan fingerprint density at radius 3 is 2.90 bits per heavy atom. The number of rotatable bonds is 4. The lowest BCUT2D eigenvalue weighted by molar-refractivity contribution is 0.203. The maximum atomic E-state index is 13.3. The Hall–Kier alpha value is -1.18. The Balaban J connectivity index is 2.27. The van der Waals surface area contributed by atoms with Gasteiger partial charge in [0, 0.05) is 19.7 Å². The second-order valence-corrected chi connectivity index (χ2v) is 6.97. The van der Waals surface area contributed by atoms with E-state index in [-0.39, 0.29) is 23.1 Å². The molecule has 3 N–H and O–H groups in total. The molecular formula is C13H19FN2O3S. The summed E-state index contributed by atoms with van der Waals surface area (Å²) in [6, 6.07) is 3.36. The number of aliphatic hydroxyl groups is 1. The van der Waals surface area contributed by atoms with E-state index in [1.165, 1.54) is 10.4 Å². The smallest absolute Gasteiger partial charge is 0.245 e. The molecule has 112 valence electrons. The Labute approximate surface area is 118 Å². The summed E-state index contributed by atoms with van der Waals surface area (Å²) in [5, 5.41) is 8.97. The van der Waals surface area contributed by atoms with Crippen LogP contribution >= 0.6 is 0 Å². The minimum Gasteiger partial charge on any atom is -0.398 e. The van der Waals surface area contributed by atoms with E-state index >= 15 is 0 Å². The molecule has 1 aliphatic heterocycles. The van der Waals surface area contributed by atoms with Gasteiger partial charge in [-0.2, -0.15) is 4.31 Å². The normalized spacial score (nSPS) is 21.0. The lowest BCUT2D eigenvalue weighted by Crippen LogP contribution is -2.40. The van der Waals surface area contributed by atoms with Crippen LogP contribution in [-0.2, 0) is 10.0 Å². The van der Waals surface area contributed by atoms with E-state index in [2.05, 4.69) is 0 Å². The third-order valence-corrected chi connectivity index (χ3v) is 5.53. The summed E-state index contributed by atoms with van der Waals surface area (Å²) in [5.41, 5.74) is 5.71. The summed E-state index contributed by atoms with van der Waals surface area (Å²) in [6.45, 7) is 0.791. The van der Waals surface area contributed by atoms with Gasteiger partial charge in [-0.15, -0.1) is 0 Å². The molecule has 7 heteroatoms. The molecule has 5 nitrogen and oxygen atoms in total. The molecule has 0 bridgehead atoms. The van der Waals surface area contributed by atoms with Gasteiger partial charge in [-0.25, -0.2) is 12.8 Å². The number of sulfonamides is 1. The molecule has 0 radical (unpaired) electrons. The molecule has 1 saturated heterocycles. The molecule has 0 saturated carbocycles. The van der Waals surface area contributed by atoms with Crippen LogP contribution in [0.2, 0.25) is 0 Å². The fraction of sp³-hybridized carbons (Fsp3) is 0.538. The maximum absolute atomic E-state index is 13.3. The van der Waals surface area contributed by atoms with Crippen LogP contribution in [0.15, 0.2) is 23.1 Å². The van der Waals surface area contributed by atoms with Gasteiger partial charge < -0.3 is 10.8 Å². The van der Waals surface area contributed by atoms with Crippen molar-refractivity contribution < 1.29 is 17.9 Å². The highest BCUT2D eigenvalue weighted by Crippen LogP contribution is 2.28. The van der Waals surface area contributed by atoms with Gasteiger partial charge in [0.15, 0.2) is 0 Å². The molecule has 0 aromatic heterocycles. The van der Waals surface area contributed by atoms with Crippen LogP contribution in [-0.4, -0.2) is 37.5 Å². The van der Waals surface area contributed by atoms with Gasteiger partial charge >= 0.3 is 0 Å². The predicted octanol–water partition coefficient (Wildman–Crippen LogP) is 1.19. The summed E-state index contributed by atoms with van der Waals surface area (Å²) >= 11 is 0. The predicted molar refractivity (Wildman–Crippen MR) is 74.0 cm³/mol. The van der Waals surface area contributed by atoms with Crippen molar-refractivity contribution in [3.05, 3.63) is 24.0 Å². The Bertz CT molecular complexity index is 575. The third kappa shape index (κ3) is 3.11. The monoisotopic (exact) mass is 302 g/mol. The van der Waals surface area contributed by atoms with Crippen LogP contribution in [0.3, 0.4) is 0 Å². The highest BCUT2D eigenvalue weighted by atomic mass is 32.2. The number of piperidine rings is 1. The first-order valence-corrected chi connectivity index (χ1v) is 8.05. The molecule has 1 heterocycles. The van der Waals surface area contributed by atoms with Crippen LogP contribution in [0.1, 0.15) is 19.3 Å². The summed E-state index contributed by atoms with van der Waals surface area (Å²) in [5.74, 6) is -0.486. The number of nitrogen functional groups attached to an aromatic ring is 1. The van der Waals surface area contributed by atoms with Crippen molar-refractivity contribution in [2.75, 3.05) is 25.4 Å². The number of anilines is 1. The molecule has 1 aliphatic rings. The number of nitrogens with two attached hydrogens (primary N) is 1. The first-order valence-electron chi connectivity index (χ1n) is 6.61. The van der Waals surface area contributed by atoms with Crippen molar-refractivity contribution in [2.45, 2.75) is 24.2 Å². The average Bonchev–Trinajstić information content (AvgIpc) is 2.42. The second kappa shape index (κ2) is 6.07. The number of halogens is 1. The topological polar surface area (TPSA) is 83.6 Å². The quantitative estimate of drug-likeness (QED) is 0.818. The fourth-order valence-electron chi connectivity index (χ4n) is 2.53. The van der Waals surface area contributed by atoms with Crippen LogP contribution < -0.4 is 5.73 Å². The minimum atomic E-state index is -3.78. The molecule has 1 aromatic rings. The fourth-order valence-corrected chi connectivity index (χ4v) is 4.22. The number of hydrogen-bond acceptors (Lipinski definition) is 4. The van der Waals surface area contributed by atoms with E-state index in [1.54, 1.807) is 0 Å². The van der Waals surface area contributed by atoms with Crippen molar-refractivity contribution in [1.29, 1.82) is 0 Å². The van der Waals surface area contributed by atoms with Crippen molar-refractivity contribution in [3.63, 3.8) is 0 Å². The third-order valence-electron chi connectivity index (χ3n) is 3.61. The second-order valence-electron chi connectivity index (χ2n) is 5.07. The molecule has 1 unspecified atom stereocenters. The van der Waals surface area contributed by atoms with E-state index in [0.717, 1.165) is 25.0 Å². The van der Waals surface area contributed by atoms with Crippen LogP contribution in [0.25, 0.3) is 0 Å². The van der Waals surface area contributed by atoms with E-state index in [0.29, 0.717) is 19.5 Å². The molecule has 0 amide bonds. The first kappa shape index (κ1) is 15.2. The maximum Gasteiger partial charge on any atom is 0.245 e. The molecule has 1 atom stereocenters. The molecule has 0 spiro atoms. The Morgan fingerprint density at radius 1 is 1.45 bits per heavy atom. The van der Waals surface area contributed by atoms with Gasteiger partial charge in [-0.1, -0.05) is 0 Å². The SMILES string of the molecule is Nc1ccc(F)cc1S(=O)(=O)N1CCCC(CCO)C1. The van der Waals surface area contributed by atoms with Gasteiger partial charge in [-0.3, -0.25) is 0 Å². The van der Waals surface area contributed by atoms with Crippen LogP contribution in [0, 0.1) is 11.7 Å². The molecule has 2 rings (SSSR count). The van der Waals surface area contributed by atoms with Crippen LogP contribution in [0.4, 0.5) is 10.1 Å². The Kier molecular flexibility index (Phi) is 4.62. The lowest BCUT2D eigenvalue weighted by atomic mass is 9.97. The van der Waals surface area contributed by atoms with Crippen LogP contribution in [0.5, 0.6) is 0 Å². The Morgan fingerprint density at radius 2 is 2.20 bits per heavy atom. The average molecular weight is 302 g/mol. The minimum absolute atomic E-state index is 0.0423. The molecule has 20 heavy (non-hydrogen) atoms. The van der Waals surface area contributed by atoms with E-state index in [1.807, 2.05) is 0 Å². The summed E-state index contributed by atoms with van der Waals surface area (Å²) in [4.78, 5) is -0.179. The zero-order chi connectivity index (χ0) is 14.8. The molecular weight excluding hydrogens is 283 g/mol. The first-order chi connectivity index (χ1) is 9.45. The van der Waals surface area contributed by atoms with Gasteiger partial charge in [0.2, 0.25) is 10.0 Å². The number of hydrogen-bond donors (Lipinski definition) is 2. The number of nitrogens with zero attached hydrogens (tertiary/aromatic N) is 1. The summed E-state index contributed by atoms with van der Waals surface area (Å²) < 4.78 is 39.7. The van der Waals surface area contributed by atoms with E-state index < -0.39 is 15.8 Å². The van der Waals surface area contributed by atoms with Crippen molar-refractivity contribution in [1.82, 2.24) is 4.31 Å². The molecule has 1 aromatic carbocycles. The summed E-state index contributed by atoms with van der Waals surface area (Å²) in [6.07, 6.45) is 2.20. The van der Waals surface area contributed by atoms with Crippen molar-refractivity contribution in [3.8, 4) is 0 Å². The number of benzene rings is 1. The van der Waals surface area contributed by atoms with Gasteiger partial charge in [0.25, 0.3) is 0 Å². The van der Waals surface area contributed by atoms with Crippen molar-refractivity contribution in [2.24, 2.45) is 5.92 Å². The zero-order valence-electron chi connectivity index (χ0n) is 11.1. The van der Waals surface area contributed by atoms with E-state index in [4.69, 9.17) is 10.8 Å². The van der Waals surface area contributed by atoms with Gasteiger partial charge in [0.1, 0.15) is 10.7 Å². The molecule has 1 fully saturated rings. The summed E-state index contributed by atoms with van der Waals surface area (Å²) in [7, 11) is -3.78. The molecule has 0 aliphatic carbocycles. The van der Waals surface area contributed by atoms with Crippen molar-refractivity contribution >= 4 is 15.7 Å². The van der Waals surface area contributed by atoms with E-state index in [9.17, 15) is 12.8 Å².